The number of aromatic nitrogens is 2. The number of para-hydroxylation sites is 1. The zero-order valence-electron chi connectivity index (χ0n) is 12.3. The van der Waals surface area contributed by atoms with Crippen LogP contribution in [0.4, 0.5) is 5.95 Å². The number of piperidine rings is 1. The smallest absolute Gasteiger partial charge is 0.226 e. The van der Waals surface area contributed by atoms with Crippen LogP contribution in [0.3, 0.4) is 0 Å². The summed E-state index contributed by atoms with van der Waals surface area (Å²) in [5.74, 6) is 0.909. The molecule has 1 aromatic heterocycles. The predicted molar refractivity (Wildman–Crippen MR) is 85.5 cm³/mol. The second-order valence-corrected chi connectivity index (χ2v) is 6.19. The predicted octanol–water partition coefficient (Wildman–Crippen LogP) is 2.74. The molecular weight excluding hydrogens is 260 g/mol. The molecule has 4 heteroatoms. The van der Waals surface area contributed by atoms with Gasteiger partial charge in [-0.25, -0.2) is 9.97 Å². The normalized spacial score (nSPS) is 26.4. The van der Waals surface area contributed by atoms with Crippen molar-refractivity contribution in [3.8, 4) is 0 Å². The highest BCUT2D eigenvalue weighted by atomic mass is 15.3. The number of rotatable bonds is 2. The first-order valence-electron chi connectivity index (χ1n) is 8.14. The third-order valence-electron chi connectivity index (χ3n) is 4.85. The van der Waals surface area contributed by atoms with Crippen LogP contribution in [0.5, 0.6) is 0 Å². The molecule has 4 rings (SSSR count). The van der Waals surface area contributed by atoms with E-state index in [1.54, 1.807) is 0 Å². The largest absolute Gasteiger partial charge is 0.336 e. The van der Waals surface area contributed by atoms with E-state index in [1.807, 2.05) is 18.3 Å². The number of anilines is 1. The van der Waals surface area contributed by atoms with Gasteiger partial charge in [-0.2, -0.15) is 0 Å². The lowest BCUT2D eigenvalue weighted by Crippen LogP contribution is -2.51. The molecule has 2 aliphatic rings. The Hall–Kier alpha value is -1.68. The van der Waals surface area contributed by atoms with Crippen LogP contribution in [0.15, 0.2) is 30.5 Å². The van der Waals surface area contributed by atoms with Crippen LogP contribution in [0.1, 0.15) is 32.1 Å². The molecule has 0 spiro atoms. The Kier molecular flexibility index (Phi) is 3.47. The van der Waals surface area contributed by atoms with Crippen molar-refractivity contribution in [1.82, 2.24) is 15.3 Å². The van der Waals surface area contributed by atoms with Crippen LogP contribution in [0.25, 0.3) is 10.9 Å². The van der Waals surface area contributed by atoms with Crippen LogP contribution < -0.4 is 10.2 Å². The molecule has 0 aliphatic carbocycles. The van der Waals surface area contributed by atoms with Crippen molar-refractivity contribution < 1.29 is 0 Å². The highest BCUT2D eigenvalue weighted by Crippen LogP contribution is 2.27. The quantitative estimate of drug-likeness (QED) is 0.919. The molecule has 0 amide bonds. The minimum absolute atomic E-state index is 0.558. The second-order valence-electron chi connectivity index (χ2n) is 6.19. The lowest BCUT2D eigenvalue weighted by molar-refractivity contribution is 0.374. The fourth-order valence-electron chi connectivity index (χ4n) is 3.76. The summed E-state index contributed by atoms with van der Waals surface area (Å²) in [7, 11) is 0. The lowest BCUT2D eigenvalue weighted by Gasteiger charge is -2.39. The molecule has 2 aromatic rings. The van der Waals surface area contributed by atoms with Crippen LogP contribution in [0.2, 0.25) is 0 Å². The molecule has 0 radical (unpaired) electrons. The van der Waals surface area contributed by atoms with Gasteiger partial charge in [-0.05, 0) is 44.7 Å². The fraction of sp³-hybridized carbons (Fsp3) is 0.529. The van der Waals surface area contributed by atoms with E-state index in [2.05, 4.69) is 27.3 Å². The summed E-state index contributed by atoms with van der Waals surface area (Å²) >= 11 is 0. The van der Waals surface area contributed by atoms with Crippen LogP contribution in [0, 0.1) is 0 Å². The highest BCUT2D eigenvalue weighted by Gasteiger charge is 2.32. The summed E-state index contributed by atoms with van der Waals surface area (Å²) in [6.45, 7) is 2.24. The number of hydrogen-bond donors (Lipinski definition) is 1. The zero-order chi connectivity index (χ0) is 14.1. The molecule has 110 valence electrons. The first-order valence-corrected chi connectivity index (χ1v) is 8.14. The van der Waals surface area contributed by atoms with E-state index in [1.165, 1.54) is 32.1 Å². The Balaban J connectivity index is 1.67. The van der Waals surface area contributed by atoms with Crippen LogP contribution >= 0.6 is 0 Å². The van der Waals surface area contributed by atoms with Gasteiger partial charge in [-0.15, -0.1) is 0 Å². The van der Waals surface area contributed by atoms with Gasteiger partial charge in [0, 0.05) is 30.2 Å². The molecule has 2 aliphatic heterocycles. The number of hydrogen-bond acceptors (Lipinski definition) is 4. The average molecular weight is 282 g/mol. The molecule has 2 atom stereocenters. The SMILES string of the molecule is c1ccc2nc(N3CCCCC3C3CCCN3)ncc2c1. The van der Waals surface area contributed by atoms with Crippen LogP contribution in [-0.4, -0.2) is 35.1 Å². The molecule has 1 aromatic carbocycles. The van der Waals surface area contributed by atoms with Crippen molar-refractivity contribution >= 4 is 16.9 Å². The third-order valence-corrected chi connectivity index (χ3v) is 4.85. The minimum Gasteiger partial charge on any atom is -0.336 e. The first kappa shape index (κ1) is 13.0. The third kappa shape index (κ3) is 2.48. The molecule has 0 bridgehead atoms. The Morgan fingerprint density at radius 2 is 2.05 bits per heavy atom. The Morgan fingerprint density at radius 3 is 2.95 bits per heavy atom. The number of benzene rings is 1. The van der Waals surface area contributed by atoms with E-state index in [4.69, 9.17) is 4.98 Å². The number of nitrogens with zero attached hydrogens (tertiary/aromatic N) is 3. The molecule has 2 saturated heterocycles. The summed E-state index contributed by atoms with van der Waals surface area (Å²) < 4.78 is 0. The maximum absolute atomic E-state index is 4.81. The summed E-state index contributed by atoms with van der Waals surface area (Å²) in [6.07, 6.45) is 8.38. The van der Waals surface area contributed by atoms with E-state index in [9.17, 15) is 0 Å². The van der Waals surface area contributed by atoms with E-state index in [-0.39, 0.29) is 0 Å². The van der Waals surface area contributed by atoms with E-state index < -0.39 is 0 Å². The number of nitrogens with one attached hydrogen (secondary N) is 1. The van der Waals surface area contributed by atoms with E-state index in [0.717, 1.165) is 29.9 Å². The van der Waals surface area contributed by atoms with Crippen molar-refractivity contribution in [2.75, 3.05) is 18.0 Å². The average Bonchev–Trinajstić information content (AvgIpc) is 3.09. The van der Waals surface area contributed by atoms with Gasteiger partial charge in [-0.1, -0.05) is 18.2 Å². The first-order chi connectivity index (χ1) is 10.4. The van der Waals surface area contributed by atoms with Crippen molar-refractivity contribution in [3.63, 3.8) is 0 Å². The molecular formula is C17H22N4. The van der Waals surface area contributed by atoms with Crippen molar-refractivity contribution in [3.05, 3.63) is 30.5 Å². The molecule has 0 saturated carbocycles. The van der Waals surface area contributed by atoms with Crippen molar-refractivity contribution in [2.45, 2.75) is 44.2 Å². The molecule has 2 unspecified atom stereocenters. The van der Waals surface area contributed by atoms with Crippen molar-refractivity contribution in [2.24, 2.45) is 0 Å². The fourth-order valence-corrected chi connectivity index (χ4v) is 3.76. The Labute approximate surface area is 125 Å². The van der Waals surface area contributed by atoms with Gasteiger partial charge in [-0.3, -0.25) is 0 Å². The maximum atomic E-state index is 4.81. The lowest BCUT2D eigenvalue weighted by atomic mass is 9.95. The summed E-state index contributed by atoms with van der Waals surface area (Å²) in [5, 5.41) is 4.79. The van der Waals surface area contributed by atoms with Gasteiger partial charge in [0.2, 0.25) is 5.95 Å². The van der Waals surface area contributed by atoms with Gasteiger partial charge < -0.3 is 10.2 Å². The second kappa shape index (κ2) is 5.60. The minimum atomic E-state index is 0.558. The Morgan fingerprint density at radius 1 is 1.10 bits per heavy atom. The summed E-state index contributed by atoms with van der Waals surface area (Å²) in [4.78, 5) is 11.9. The summed E-state index contributed by atoms with van der Waals surface area (Å²) in [5.41, 5.74) is 1.05. The Bertz CT molecular complexity index is 621. The van der Waals surface area contributed by atoms with Gasteiger partial charge >= 0.3 is 0 Å². The number of fused-ring (bicyclic) bond motifs is 1. The van der Waals surface area contributed by atoms with E-state index in [0.29, 0.717) is 12.1 Å². The van der Waals surface area contributed by atoms with Crippen LogP contribution in [-0.2, 0) is 0 Å². The molecule has 2 fully saturated rings. The van der Waals surface area contributed by atoms with Gasteiger partial charge in [0.15, 0.2) is 0 Å². The van der Waals surface area contributed by atoms with E-state index >= 15 is 0 Å². The topological polar surface area (TPSA) is 41.1 Å². The molecule has 21 heavy (non-hydrogen) atoms. The molecule has 3 heterocycles. The zero-order valence-corrected chi connectivity index (χ0v) is 12.3. The molecule has 4 nitrogen and oxygen atoms in total. The van der Waals surface area contributed by atoms with Gasteiger partial charge in [0.1, 0.15) is 0 Å². The maximum Gasteiger partial charge on any atom is 0.226 e. The summed E-state index contributed by atoms with van der Waals surface area (Å²) in [6, 6.07) is 9.41. The van der Waals surface area contributed by atoms with Crippen molar-refractivity contribution in [1.29, 1.82) is 0 Å². The highest BCUT2D eigenvalue weighted by molar-refractivity contribution is 5.78. The van der Waals surface area contributed by atoms with Gasteiger partial charge in [0.05, 0.1) is 5.52 Å². The monoisotopic (exact) mass is 282 g/mol. The molecule has 1 N–H and O–H groups in total. The standard InChI is InChI=1S/C17H22N4/c1-2-7-14-13(6-1)12-19-17(20-14)21-11-4-3-9-16(21)15-8-5-10-18-15/h1-2,6-7,12,15-16,18H,3-5,8-11H2. The van der Waals surface area contributed by atoms with Gasteiger partial charge in [0.25, 0.3) is 0 Å².